The number of nitrogens with two attached hydrogens (primary N) is 2. The molecule has 0 aliphatic carbocycles. The lowest BCUT2D eigenvalue weighted by Gasteiger charge is -2.32. The molecule has 110 valence electrons. The van der Waals surface area contributed by atoms with E-state index in [-0.39, 0.29) is 24.7 Å². The lowest BCUT2D eigenvalue weighted by Crippen LogP contribution is -2.54. The van der Waals surface area contributed by atoms with Crippen LogP contribution in [0.5, 0.6) is 0 Å². The summed E-state index contributed by atoms with van der Waals surface area (Å²) in [4.78, 5) is 11.5. The lowest BCUT2D eigenvalue weighted by atomic mass is 10.2. The molecule has 1 aromatic rings. The van der Waals surface area contributed by atoms with Gasteiger partial charge in [-0.05, 0) is 30.7 Å². The number of amides is 1. The zero-order valence-electron chi connectivity index (χ0n) is 11.1. The molecule has 0 saturated carbocycles. The second-order valence-corrected chi connectivity index (χ2v) is 6.52. The van der Waals surface area contributed by atoms with Crippen LogP contribution in [0.3, 0.4) is 0 Å². The molecule has 1 saturated heterocycles. The van der Waals surface area contributed by atoms with Crippen LogP contribution in [0.2, 0.25) is 0 Å². The molecule has 1 unspecified atom stereocenters. The van der Waals surface area contributed by atoms with Gasteiger partial charge in [0.15, 0.2) is 0 Å². The van der Waals surface area contributed by atoms with Crippen LogP contribution < -0.4 is 11.5 Å². The summed E-state index contributed by atoms with van der Waals surface area (Å²) in [5.41, 5.74) is 12.1. The van der Waals surface area contributed by atoms with Gasteiger partial charge in [0.1, 0.15) is 6.04 Å². The standard InChI is InChI=1S/C12H17N3O4S/c1-8-6-9(2-3-10(8)13)20(17,18)15-4-5-19-7-11(15)12(14)16/h2-3,6,11H,4-5,7,13H2,1H3,(H2,14,16). The Hall–Kier alpha value is -1.64. The van der Waals surface area contributed by atoms with Crippen LogP contribution in [0.15, 0.2) is 23.1 Å². The summed E-state index contributed by atoms with van der Waals surface area (Å²) in [5, 5.41) is 0. The van der Waals surface area contributed by atoms with Gasteiger partial charge >= 0.3 is 0 Å². The topological polar surface area (TPSA) is 116 Å². The zero-order valence-corrected chi connectivity index (χ0v) is 11.9. The molecule has 1 aliphatic heterocycles. The first kappa shape index (κ1) is 14.8. The molecular formula is C12H17N3O4S. The van der Waals surface area contributed by atoms with E-state index in [1.807, 2.05) is 0 Å². The van der Waals surface area contributed by atoms with Gasteiger partial charge in [0.2, 0.25) is 15.9 Å². The van der Waals surface area contributed by atoms with Crippen LogP contribution in [0.4, 0.5) is 5.69 Å². The van der Waals surface area contributed by atoms with Gasteiger partial charge in [-0.15, -0.1) is 0 Å². The van der Waals surface area contributed by atoms with Crippen molar-refractivity contribution in [3.8, 4) is 0 Å². The molecule has 0 aromatic heterocycles. The molecule has 1 aliphatic rings. The van der Waals surface area contributed by atoms with Crippen LogP contribution >= 0.6 is 0 Å². The van der Waals surface area contributed by atoms with Gasteiger partial charge in [-0.1, -0.05) is 0 Å². The highest BCUT2D eigenvalue weighted by molar-refractivity contribution is 7.89. The number of nitrogens with zero attached hydrogens (tertiary/aromatic N) is 1. The summed E-state index contributed by atoms with van der Waals surface area (Å²) in [6.07, 6.45) is 0. The van der Waals surface area contributed by atoms with Crippen LogP contribution in [-0.4, -0.2) is 44.4 Å². The lowest BCUT2D eigenvalue weighted by molar-refractivity contribution is -0.125. The zero-order chi connectivity index (χ0) is 14.9. The average molecular weight is 299 g/mol. The number of rotatable bonds is 3. The van der Waals surface area contributed by atoms with Crippen molar-refractivity contribution in [3.63, 3.8) is 0 Å². The van der Waals surface area contributed by atoms with E-state index >= 15 is 0 Å². The smallest absolute Gasteiger partial charge is 0.243 e. The quantitative estimate of drug-likeness (QED) is 0.727. The van der Waals surface area contributed by atoms with E-state index in [4.69, 9.17) is 16.2 Å². The Balaban J connectivity index is 2.42. The van der Waals surface area contributed by atoms with Crippen molar-refractivity contribution in [1.82, 2.24) is 4.31 Å². The van der Waals surface area contributed by atoms with Gasteiger partial charge in [0.05, 0.1) is 18.1 Å². The molecule has 1 amide bonds. The van der Waals surface area contributed by atoms with Gasteiger partial charge in [-0.3, -0.25) is 4.79 Å². The fourth-order valence-corrected chi connectivity index (χ4v) is 3.70. The number of aryl methyl sites for hydroxylation is 1. The summed E-state index contributed by atoms with van der Waals surface area (Å²) in [6.45, 7) is 2.03. The number of anilines is 1. The summed E-state index contributed by atoms with van der Waals surface area (Å²) in [7, 11) is -3.80. The Morgan fingerprint density at radius 1 is 1.45 bits per heavy atom. The third-order valence-electron chi connectivity index (χ3n) is 3.26. The fourth-order valence-electron chi connectivity index (χ4n) is 2.04. The van der Waals surface area contributed by atoms with E-state index in [9.17, 15) is 13.2 Å². The van der Waals surface area contributed by atoms with Crippen LogP contribution in [-0.2, 0) is 19.6 Å². The molecule has 0 radical (unpaired) electrons. The van der Waals surface area contributed by atoms with Crippen molar-refractivity contribution < 1.29 is 17.9 Å². The van der Waals surface area contributed by atoms with Crippen LogP contribution in [0, 0.1) is 6.92 Å². The first-order valence-electron chi connectivity index (χ1n) is 6.09. The van der Waals surface area contributed by atoms with E-state index in [1.54, 1.807) is 6.92 Å². The minimum absolute atomic E-state index is 0.0253. The Morgan fingerprint density at radius 3 is 2.75 bits per heavy atom. The van der Waals surface area contributed by atoms with E-state index < -0.39 is 22.0 Å². The number of primary amides is 1. The van der Waals surface area contributed by atoms with Crippen molar-refractivity contribution in [2.75, 3.05) is 25.5 Å². The summed E-state index contributed by atoms with van der Waals surface area (Å²) in [6, 6.07) is 3.46. The molecule has 2 rings (SSSR count). The normalized spacial score (nSPS) is 20.8. The van der Waals surface area contributed by atoms with E-state index in [1.165, 1.54) is 18.2 Å². The second-order valence-electron chi connectivity index (χ2n) is 4.63. The number of sulfonamides is 1. The number of hydrogen-bond acceptors (Lipinski definition) is 5. The van der Waals surface area contributed by atoms with Gasteiger partial charge in [0, 0.05) is 12.2 Å². The van der Waals surface area contributed by atoms with Crippen molar-refractivity contribution in [2.45, 2.75) is 17.9 Å². The van der Waals surface area contributed by atoms with Crippen molar-refractivity contribution in [2.24, 2.45) is 5.73 Å². The highest BCUT2D eigenvalue weighted by Crippen LogP contribution is 2.23. The molecule has 0 bridgehead atoms. The van der Waals surface area contributed by atoms with Gasteiger partial charge < -0.3 is 16.2 Å². The maximum Gasteiger partial charge on any atom is 0.243 e. The molecule has 8 heteroatoms. The second kappa shape index (κ2) is 5.39. The summed E-state index contributed by atoms with van der Waals surface area (Å²) >= 11 is 0. The minimum atomic E-state index is -3.80. The van der Waals surface area contributed by atoms with Gasteiger partial charge in [-0.2, -0.15) is 4.31 Å². The first-order chi connectivity index (χ1) is 9.34. The fraction of sp³-hybridized carbons (Fsp3) is 0.417. The Morgan fingerprint density at radius 2 is 2.15 bits per heavy atom. The summed E-state index contributed by atoms with van der Waals surface area (Å²) in [5.74, 6) is -0.722. The third-order valence-corrected chi connectivity index (χ3v) is 5.16. The third kappa shape index (κ3) is 2.62. The van der Waals surface area contributed by atoms with E-state index in [2.05, 4.69) is 0 Å². The van der Waals surface area contributed by atoms with Crippen LogP contribution in [0.25, 0.3) is 0 Å². The van der Waals surface area contributed by atoms with E-state index in [0.717, 1.165) is 4.31 Å². The molecule has 0 spiro atoms. The maximum atomic E-state index is 12.6. The number of ether oxygens (including phenoxy) is 1. The van der Waals surface area contributed by atoms with Crippen molar-refractivity contribution in [1.29, 1.82) is 0 Å². The highest BCUT2D eigenvalue weighted by Gasteiger charge is 2.37. The van der Waals surface area contributed by atoms with Crippen molar-refractivity contribution >= 4 is 21.6 Å². The van der Waals surface area contributed by atoms with E-state index in [0.29, 0.717) is 11.3 Å². The molecular weight excluding hydrogens is 282 g/mol. The Labute approximate surface area is 117 Å². The van der Waals surface area contributed by atoms with Crippen LogP contribution in [0.1, 0.15) is 5.56 Å². The monoisotopic (exact) mass is 299 g/mol. The first-order valence-corrected chi connectivity index (χ1v) is 7.53. The number of morpholine rings is 1. The predicted molar refractivity (Wildman–Crippen MR) is 73.3 cm³/mol. The molecule has 1 atom stereocenters. The molecule has 1 aromatic carbocycles. The number of carbonyl (C=O) groups excluding carboxylic acids is 1. The van der Waals surface area contributed by atoms with Gasteiger partial charge in [0.25, 0.3) is 0 Å². The number of hydrogen-bond donors (Lipinski definition) is 2. The number of nitrogen functional groups attached to an aromatic ring is 1. The predicted octanol–water partition coefficient (Wildman–Crippen LogP) is -0.548. The molecule has 1 fully saturated rings. The number of benzene rings is 1. The molecule has 7 nitrogen and oxygen atoms in total. The minimum Gasteiger partial charge on any atom is -0.399 e. The SMILES string of the molecule is Cc1cc(S(=O)(=O)N2CCOCC2C(N)=O)ccc1N. The largest absolute Gasteiger partial charge is 0.399 e. The maximum absolute atomic E-state index is 12.6. The molecule has 1 heterocycles. The Kier molecular flexibility index (Phi) is 3.98. The molecule has 4 N–H and O–H groups in total. The number of carbonyl (C=O) groups is 1. The highest BCUT2D eigenvalue weighted by atomic mass is 32.2. The molecule has 20 heavy (non-hydrogen) atoms. The van der Waals surface area contributed by atoms with Gasteiger partial charge in [-0.25, -0.2) is 8.42 Å². The average Bonchev–Trinajstić information content (AvgIpc) is 2.41. The summed E-state index contributed by atoms with van der Waals surface area (Å²) < 4.78 is 31.4. The van der Waals surface area contributed by atoms with Crippen molar-refractivity contribution in [3.05, 3.63) is 23.8 Å². The Bertz CT molecular complexity index is 630.